The minimum absolute atomic E-state index is 0.733. The maximum Gasteiger partial charge on any atom is 0.118 e. The highest BCUT2D eigenvalue weighted by molar-refractivity contribution is 5.92. The second-order valence-electron chi connectivity index (χ2n) is 8.55. The van der Waals surface area contributed by atoms with Gasteiger partial charge in [0.2, 0.25) is 0 Å². The molecule has 6 aromatic rings. The number of hydrogen-bond acceptors (Lipinski definition) is 4. The molecule has 0 radical (unpaired) electrons. The van der Waals surface area contributed by atoms with Crippen molar-refractivity contribution in [3.8, 4) is 33.9 Å². The van der Waals surface area contributed by atoms with Crippen molar-refractivity contribution in [3.05, 3.63) is 108 Å². The highest BCUT2D eigenvalue weighted by Crippen LogP contribution is 2.36. The van der Waals surface area contributed by atoms with Crippen molar-refractivity contribution in [2.24, 2.45) is 0 Å². The van der Waals surface area contributed by atoms with E-state index in [4.69, 9.17) is 19.9 Å². The Hall–Kier alpha value is -4.44. The van der Waals surface area contributed by atoms with E-state index in [2.05, 4.69) is 62.4 Å². The second-order valence-corrected chi connectivity index (χ2v) is 8.55. The van der Waals surface area contributed by atoms with E-state index in [0.29, 0.717) is 0 Å². The molecule has 0 aliphatic rings. The zero-order valence-corrected chi connectivity index (χ0v) is 19.0. The molecule has 0 amide bonds. The van der Waals surface area contributed by atoms with Crippen LogP contribution in [0.4, 0.5) is 0 Å². The van der Waals surface area contributed by atoms with Crippen molar-refractivity contribution in [2.75, 3.05) is 0 Å². The predicted octanol–water partition coefficient (Wildman–Crippen LogP) is 7.19. The summed E-state index contributed by atoms with van der Waals surface area (Å²) in [5.41, 5.74) is 10.8. The molecule has 2 aromatic heterocycles. The van der Waals surface area contributed by atoms with E-state index >= 15 is 0 Å². The molecule has 0 aliphatic heterocycles. The van der Waals surface area contributed by atoms with E-state index in [9.17, 15) is 0 Å². The monoisotopic (exact) mass is 438 g/mol. The number of nitrogens with zero attached hydrogens (tertiary/aromatic N) is 4. The molecule has 6 rings (SSSR count). The van der Waals surface area contributed by atoms with Crippen LogP contribution in [0, 0.1) is 13.8 Å². The number of fused-ring (bicyclic) bond motifs is 2. The van der Waals surface area contributed by atoms with Gasteiger partial charge in [-0.3, -0.25) is 0 Å². The molecule has 0 atom stereocenters. The molecule has 4 heteroatoms. The standard InChI is InChI=1S/C30H22N4/c1-19-11-15-21(16-12-19)27-29(33-25-9-5-3-7-23(25)31-27)30-28(22-17-13-20(2)14-18-22)32-24-8-4-6-10-26(24)34-30/h3-18H,1-2H3. The lowest BCUT2D eigenvalue weighted by atomic mass is 10.0. The molecular weight excluding hydrogens is 416 g/mol. The maximum absolute atomic E-state index is 5.09. The number of benzene rings is 4. The molecule has 0 saturated carbocycles. The van der Waals surface area contributed by atoms with Gasteiger partial charge in [-0.25, -0.2) is 19.9 Å². The Morgan fingerprint density at radius 3 is 0.971 bits per heavy atom. The van der Waals surface area contributed by atoms with Crippen LogP contribution in [0.5, 0.6) is 0 Å². The van der Waals surface area contributed by atoms with Crippen molar-refractivity contribution < 1.29 is 0 Å². The summed E-state index contributed by atoms with van der Waals surface area (Å²) in [5, 5.41) is 0. The van der Waals surface area contributed by atoms with E-state index in [0.717, 1.165) is 56.0 Å². The average molecular weight is 439 g/mol. The number of hydrogen-bond donors (Lipinski definition) is 0. The van der Waals surface area contributed by atoms with Crippen molar-refractivity contribution in [2.45, 2.75) is 13.8 Å². The summed E-state index contributed by atoms with van der Waals surface area (Å²) < 4.78 is 0. The van der Waals surface area contributed by atoms with Crippen molar-refractivity contribution in [1.82, 2.24) is 19.9 Å². The summed E-state index contributed by atoms with van der Waals surface area (Å²) in [5.74, 6) is 0. The fourth-order valence-corrected chi connectivity index (χ4v) is 4.16. The summed E-state index contributed by atoms with van der Waals surface area (Å²) in [6.07, 6.45) is 0. The van der Waals surface area contributed by atoms with Gasteiger partial charge < -0.3 is 0 Å². The predicted molar refractivity (Wildman–Crippen MR) is 138 cm³/mol. The third-order valence-electron chi connectivity index (χ3n) is 6.02. The third-order valence-corrected chi connectivity index (χ3v) is 6.02. The first-order chi connectivity index (χ1) is 16.7. The molecule has 0 bridgehead atoms. The van der Waals surface area contributed by atoms with Crippen LogP contribution in [0.15, 0.2) is 97.1 Å². The largest absolute Gasteiger partial charge is 0.244 e. The van der Waals surface area contributed by atoms with Gasteiger partial charge in [0.25, 0.3) is 0 Å². The number of rotatable bonds is 3. The number of para-hydroxylation sites is 4. The van der Waals surface area contributed by atoms with Gasteiger partial charge in [-0.15, -0.1) is 0 Å². The molecule has 162 valence electrons. The van der Waals surface area contributed by atoms with Gasteiger partial charge in [0.1, 0.15) is 11.4 Å². The Bertz CT molecular complexity index is 1530. The zero-order chi connectivity index (χ0) is 23.1. The quantitative estimate of drug-likeness (QED) is 0.293. The maximum atomic E-state index is 5.09. The van der Waals surface area contributed by atoms with Gasteiger partial charge in [-0.1, -0.05) is 83.9 Å². The summed E-state index contributed by atoms with van der Waals surface area (Å²) in [4.78, 5) is 20.3. The summed E-state index contributed by atoms with van der Waals surface area (Å²) >= 11 is 0. The molecule has 0 aliphatic carbocycles. The lowest BCUT2D eigenvalue weighted by Gasteiger charge is -2.14. The summed E-state index contributed by atoms with van der Waals surface area (Å²) in [7, 11) is 0. The van der Waals surface area contributed by atoms with Crippen LogP contribution in [0.3, 0.4) is 0 Å². The topological polar surface area (TPSA) is 51.6 Å². The zero-order valence-electron chi connectivity index (χ0n) is 19.0. The number of aryl methyl sites for hydroxylation is 2. The molecule has 4 nitrogen and oxygen atoms in total. The molecule has 0 spiro atoms. The first kappa shape index (κ1) is 20.2. The molecule has 0 saturated heterocycles. The summed E-state index contributed by atoms with van der Waals surface area (Å²) in [6, 6.07) is 32.7. The van der Waals surface area contributed by atoms with E-state index in [1.807, 2.05) is 48.5 Å². The van der Waals surface area contributed by atoms with Gasteiger partial charge in [0, 0.05) is 11.1 Å². The highest BCUT2D eigenvalue weighted by atomic mass is 14.9. The van der Waals surface area contributed by atoms with Crippen LogP contribution in [-0.2, 0) is 0 Å². The molecule has 4 aromatic carbocycles. The Balaban J connectivity index is 1.71. The van der Waals surface area contributed by atoms with E-state index in [1.54, 1.807) is 0 Å². The van der Waals surface area contributed by atoms with Gasteiger partial charge in [0.05, 0.1) is 33.5 Å². The van der Waals surface area contributed by atoms with Crippen LogP contribution in [0.25, 0.3) is 56.0 Å². The Kier molecular flexibility index (Phi) is 4.84. The Morgan fingerprint density at radius 2 is 0.647 bits per heavy atom. The molecule has 0 N–H and O–H groups in total. The van der Waals surface area contributed by atoms with Gasteiger partial charge in [-0.2, -0.15) is 0 Å². The van der Waals surface area contributed by atoms with Gasteiger partial charge >= 0.3 is 0 Å². The normalized spacial score (nSPS) is 11.2. The van der Waals surface area contributed by atoms with Crippen molar-refractivity contribution in [3.63, 3.8) is 0 Å². The Morgan fingerprint density at radius 1 is 0.353 bits per heavy atom. The van der Waals surface area contributed by atoms with Crippen molar-refractivity contribution >= 4 is 22.1 Å². The first-order valence-electron chi connectivity index (χ1n) is 11.3. The third kappa shape index (κ3) is 3.59. The SMILES string of the molecule is Cc1ccc(-c2nc3ccccc3nc2-c2nc3ccccc3nc2-c2ccc(C)cc2)cc1. The molecule has 2 heterocycles. The van der Waals surface area contributed by atoms with E-state index in [1.165, 1.54) is 11.1 Å². The smallest absolute Gasteiger partial charge is 0.118 e. The second kappa shape index (κ2) is 8.16. The van der Waals surface area contributed by atoms with Crippen LogP contribution in [0.2, 0.25) is 0 Å². The van der Waals surface area contributed by atoms with E-state index in [-0.39, 0.29) is 0 Å². The molecular formula is C30H22N4. The minimum atomic E-state index is 0.733. The average Bonchev–Trinajstić information content (AvgIpc) is 2.88. The lowest BCUT2D eigenvalue weighted by molar-refractivity contribution is 1.22. The Labute approximate surface area is 198 Å². The fourth-order valence-electron chi connectivity index (χ4n) is 4.16. The minimum Gasteiger partial charge on any atom is -0.244 e. The lowest BCUT2D eigenvalue weighted by Crippen LogP contribution is -2.01. The molecule has 0 fully saturated rings. The highest BCUT2D eigenvalue weighted by Gasteiger charge is 2.20. The molecule has 34 heavy (non-hydrogen) atoms. The van der Waals surface area contributed by atoms with Crippen LogP contribution in [0.1, 0.15) is 11.1 Å². The van der Waals surface area contributed by atoms with Crippen molar-refractivity contribution in [1.29, 1.82) is 0 Å². The van der Waals surface area contributed by atoms with Gasteiger partial charge in [-0.05, 0) is 38.1 Å². The van der Waals surface area contributed by atoms with Crippen LogP contribution < -0.4 is 0 Å². The molecule has 0 unspecified atom stereocenters. The van der Waals surface area contributed by atoms with E-state index < -0.39 is 0 Å². The summed E-state index contributed by atoms with van der Waals surface area (Å²) in [6.45, 7) is 4.17. The first-order valence-corrected chi connectivity index (χ1v) is 11.3. The fraction of sp³-hybridized carbons (Fsp3) is 0.0667. The number of aromatic nitrogens is 4. The van der Waals surface area contributed by atoms with Crippen LogP contribution >= 0.6 is 0 Å². The van der Waals surface area contributed by atoms with Crippen LogP contribution in [-0.4, -0.2) is 19.9 Å². The van der Waals surface area contributed by atoms with Gasteiger partial charge in [0.15, 0.2) is 0 Å².